The molecule has 2 fully saturated rings. The summed E-state index contributed by atoms with van der Waals surface area (Å²) in [5, 5.41) is 17.6. The smallest absolute Gasteiger partial charge is 0.278 e. The van der Waals surface area contributed by atoms with E-state index in [0.29, 0.717) is 40.3 Å². The lowest BCUT2D eigenvalue weighted by Gasteiger charge is -2.45. The van der Waals surface area contributed by atoms with Gasteiger partial charge in [0.2, 0.25) is 5.95 Å². The number of benzene rings is 1. The molecule has 1 spiro atoms. The molecule has 5 heterocycles. The van der Waals surface area contributed by atoms with E-state index in [0.717, 1.165) is 43.9 Å². The minimum atomic E-state index is -0.600. The van der Waals surface area contributed by atoms with Crippen LogP contribution < -0.4 is 21.1 Å². The highest BCUT2D eigenvalue weighted by molar-refractivity contribution is 5.77. The van der Waals surface area contributed by atoms with Crippen LogP contribution in [0.4, 0.5) is 17.3 Å². The van der Waals surface area contributed by atoms with Gasteiger partial charge in [-0.25, -0.2) is 19.3 Å². The summed E-state index contributed by atoms with van der Waals surface area (Å²) in [6.07, 6.45) is 9.18. The van der Waals surface area contributed by atoms with Crippen molar-refractivity contribution in [3.8, 4) is 5.82 Å². The zero-order chi connectivity index (χ0) is 28.0. The van der Waals surface area contributed by atoms with Gasteiger partial charge in [-0.05, 0) is 92.9 Å². The van der Waals surface area contributed by atoms with Crippen molar-refractivity contribution in [2.45, 2.75) is 51.2 Å². The second-order valence-electron chi connectivity index (χ2n) is 11.6. The summed E-state index contributed by atoms with van der Waals surface area (Å²) < 4.78 is 3.25. The van der Waals surface area contributed by atoms with E-state index in [2.05, 4.69) is 51.4 Å². The van der Waals surface area contributed by atoms with E-state index in [9.17, 15) is 9.90 Å². The maximum Gasteiger partial charge on any atom is 0.278 e. The second-order valence-corrected chi connectivity index (χ2v) is 11.6. The van der Waals surface area contributed by atoms with Gasteiger partial charge in [0.25, 0.3) is 5.56 Å². The molecule has 4 aromatic rings. The van der Waals surface area contributed by atoms with Crippen molar-refractivity contribution in [1.82, 2.24) is 29.6 Å². The minimum absolute atomic E-state index is 0.216. The molecule has 1 unspecified atom stereocenters. The molecule has 1 aliphatic carbocycles. The number of nitrogens with one attached hydrogen (secondary N) is 2. The number of aliphatic hydroxyl groups is 1. The molecule has 7 rings (SSSR count). The van der Waals surface area contributed by atoms with Gasteiger partial charge in [-0.1, -0.05) is 12.1 Å². The van der Waals surface area contributed by atoms with Crippen LogP contribution in [0.25, 0.3) is 16.9 Å². The fraction of sp³-hybridized carbons (Fsp3) is 0.419. The van der Waals surface area contributed by atoms with Gasteiger partial charge in [0.15, 0.2) is 11.5 Å². The average Bonchev–Trinajstić information content (AvgIpc) is 3.50. The van der Waals surface area contributed by atoms with Gasteiger partial charge in [-0.15, -0.1) is 6.58 Å². The van der Waals surface area contributed by atoms with E-state index in [-0.39, 0.29) is 12.1 Å². The molecule has 0 saturated carbocycles. The second kappa shape index (κ2) is 10.4. The van der Waals surface area contributed by atoms with Crippen LogP contribution in [0.3, 0.4) is 0 Å². The first kappa shape index (κ1) is 25.9. The Labute approximate surface area is 238 Å². The largest absolute Gasteiger partial charge is 0.387 e. The van der Waals surface area contributed by atoms with Crippen LogP contribution in [0.5, 0.6) is 0 Å². The molecular formula is C31H36N8O2. The van der Waals surface area contributed by atoms with Crippen LogP contribution in [-0.2, 0) is 13.0 Å². The van der Waals surface area contributed by atoms with Crippen molar-refractivity contribution in [1.29, 1.82) is 0 Å². The Kier molecular flexibility index (Phi) is 6.59. The monoisotopic (exact) mass is 552 g/mol. The zero-order valence-corrected chi connectivity index (χ0v) is 23.2. The summed E-state index contributed by atoms with van der Waals surface area (Å²) in [7, 11) is 0. The van der Waals surface area contributed by atoms with E-state index < -0.39 is 6.10 Å². The molecule has 2 saturated heterocycles. The van der Waals surface area contributed by atoms with E-state index in [4.69, 9.17) is 9.97 Å². The van der Waals surface area contributed by atoms with Gasteiger partial charge in [0, 0.05) is 30.7 Å². The molecule has 1 aromatic carbocycles. The van der Waals surface area contributed by atoms with Gasteiger partial charge in [-0.3, -0.25) is 4.79 Å². The van der Waals surface area contributed by atoms with Crippen LogP contribution >= 0.6 is 0 Å². The summed E-state index contributed by atoms with van der Waals surface area (Å²) in [4.78, 5) is 29.7. The topological polar surface area (TPSA) is 113 Å². The van der Waals surface area contributed by atoms with Crippen molar-refractivity contribution in [2.75, 3.05) is 36.4 Å². The Balaban J connectivity index is 1.15. The Morgan fingerprint density at radius 1 is 1.07 bits per heavy atom. The van der Waals surface area contributed by atoms with Gasteiger partial charge in [-0.2, -0.15) is 4.98 Å². The fourth-order valence-corrected chi connectivity index (χ4v) is 6.73. The van der Waals surface area contributed by atoms with Crippen molar-refractivity contribution >= 4 is 28.4 Å². The number of allylic oxidation sites excluding steroid dienone is 1. The summed E-state index contributed by atoms with van der Waals surface area (Å²) in [5.74, 6) is 0.919. The van der Waals surface area contributed by atoms with Crippen LogP contribution in [-0.4, -0.2) is 55.6 Å². The van der Waals surface area contributed by atoms with E-state index in [1.165, 1.54) is 31.4 Å². The highest BCUT2D eigenvalue weighted by Gasteiger charge is 2.35. The third-order valence-corrected chi connectivity index (χ3v) is 9.17. The molecule has 41 heavy (non-hydrogen) atoms. The number of aromatic nitrogens is 5. The normalized spacial score (nSPS) is 19.9. The molecule has 1 atom stereocenters. The third kappa shape index (κ3) is 4.70. The number of rotatable bonds is 6. The lowest BCUT2D eigenvalue weighted by molar-refractivity contribution is 0.155. The van der Waals surface area contributed by atoms with Gasteiger partial charge >= 0.3 is 0 Å². The summed E-state index contributed by atoms with van der Waals surface area (Å²) in [6, 6.07) is 12.2. The zero-order valence-electron chi connectivity index (χ0n) is 23.2. The summed E-state index contributed by atoms with van der Waals surface area (Å²) in [6.45, 7) is 8.60. The maximum atomic E-state index is 13.3. The summed E-state index contributed by atoms with van der Waals surface area (Å²) >= 11 is 0. The number of piperidine rings is 2. The standard InChI is InChI=1S/C31H36N8O2/c1-2-17-38-29(41)24-20-33-30(36-28(24)39(38)26-10-4-21-3-9-25(40)27(21)35-26)34-22-5-7-23(8-6-22)37-18-13-31(14-19-37)11-15-32-16-12-31/h2,4-8,10,20,25,32,40H,1,3,9,11-19H2,(H,33,34,36). The number of aliphatic hydroxyl groups excluding tert-OH is 1. The Morgan fingerprint density at radius 3 is 2.61 bits per heavy atom. The van der Waals surface area contributed by atoms with Crippen LogP contribution in [0.2, 0.25) is 0 Å². The summed E-state index contributed by atoms with van der Waals surface area (Å²) in [5.41, 5.74) is 4.56. The predicted octanol–water partition coefficient (Wildman–Crippen LogP) is 3.86. The lowest BCUT2D eigenvalue weighted by Crippen LogP contribution is -2.45. The van der Waals surface area contributed by atoms with E-state index in [1.54, 1.807) is 21.6 Å². The number of hydrogen-bond acceptors (Lipinski definition) is 8. The van der Waals surface area contributed by atoms with Crippen LogP contribution in [0.1, 0.15) is 49.5 Å². The molecule has 0 bridgehead atoms. The SMILES string of the molecule is C=CCn1c(=O)c2cnc(Nc3ccc(N4CCC5(CCNCC5)CC4)cc3)nc2n1-c1ccc2c(n1)C(O)CC2. The van der Waals surface area contributed by atoms with Crippen LogP contribution in [0, 0.1) is 5.41 Å². The molecule has 2 aliphatic heterocycles. The molecule has 0 radical (unpaired) electrons. The number of pyridine rings is 1. The first-order valence-electron chi connectivity index (χ1n) is 14.6. The number of nitrogens with zero attached hydrogens (tertiary/aromatic N) is 6. The predicted molar refractivity (Wildman–Crippen MR) is 160 cm³/mol. The van der Waals surface area contributed by atoms with Crippen molar-refractivity contribution in [3.63, 3.8) is 0 Å². The van der Waals surface area contributed by atoms with Gasteiger partial charge < -0.3 is 20.6 Å². The minimum Gasteiger partial charge on any atom is -0.387 e. The van der Waals surface area contributed by atoms with Crippen molar-refractivity contribution < 1.29 is 5.11 Å². The quantitative estimate of drug-likeness (QED) is 0.309. The van der Waals surface area contributed by atoms with E-state index in [1.807, 2.05) is 12.1 Å². The highest BCUT2D eigenvalue weighted by Crippen LogP contribution is 2.40. The first-order chi connectivity index (χ1) is 20.0. The van der Waals surface area contributed by atoms with Gasteiger partial charge in [0.1, 0.15) is 5.39 Å². The molecule has 10 nitrogen and oxygen atoms in total. The number of anilines is 3. The Morgan fingerprint density at radius 2 is 1.85 bits per heavy atom. The molecule has 3 N–H and O–H groups in total. The third-order valence-electron chi connectivity index (χ3n) is 9.17. The molecule has 3 aliphatic rings. The van der Waals surface area contributed by atoms with Crippen LogP contribution in [0.15, 0.2) is 60.0 Å². The number of aryl methyl sites for hydroxylation is 1. The Bertz CT molecular complexity index is 1640. The molecule has 10 heteroatoms. The number of fused-ring (bicyclic) bond motifs is 2. The Hall–Kier alpha value is -4.02. The molecule has 0 amide bonds. The van der Waals surface area contributed by atoms with Crippen molar-refractivity contribution in [3.05, 3.63) is 76.9 Å². The lowest BCUT2D eigenvalue weighted by atomic mass is 9.71. The highest BCUT2D eigenvalue weighted by atomic mass is 16.3. The molecular weight excluding hydrogens is 516 g/mol. The fourth-order valence-electron chi connectivity index (χ4n) is 6.73. The number of hydrogen-bond donors (Lipinski definition) is 3. The van der Waals surface area contributed by atoms with E-state index >= 15 is 0 Å². The molecule has 3 aromatic heterocycles. The molecule has 212 valence electrons. The average molecular weight is 553 g/mol. The maximum absolute atomic E-state index is 13.3. The van der Waals surface area contributed by atoms with Crippen molar-refractivity contribution in [2.24, 2.45) is 5.41 Å². The first-order valence-corrected chi connectivity index (χ1v) is 14.6. The van der Waals surface area contributed by atoms with Gasteiger partial charge in [0.05, 0.1) is 18.3 Å².